The van der Waals surface area contributed by atoms with Crippen LogP contribution in [0.15, 0.2) is 24.3 Å². The molecule has 0 amide bonds. The lowest BCUT2D eigenvalue weighted by molar-refractivity contribution is 0.563. The molecule has 1 aromatic carbocycles. The summed E-state index contributed by atoms with van der Waals surface area (Å²) < 4.78 is 13.0. The van der Waals surface area contributed by atoms with Gasteiger partial charge in [-0.2, -0.15) is 0 Å². The first kappa shape index (κ1) is 15.9. The predicted molar refractivity (Wildman–Crippen MR) is 88.0 cm³/mol. The van der Waals surface area contributed by atoms with Gasteiger partial charge in [0, 0.05) is 29.6 Å². The zero-order valence-corrected chi connectivity index (χ0v) is 14.0. The standard InChI is InChI=1S/C16H22FN3S/c1-16(2,3)14-13(10-18-4)21-15(19-14)20(5)12-8-6-11(17)7-9-12/h6-9,18H,10H2,1-5H3. The van der Waals surface area contributed by atoms with E-state index in [1.165, 1.54) is 17.0 Å². The topological polar surface area (TPSA) is 28.2 Å². The van der Waals surface area contributed by atoms with Gasteiger partial charge in [-0.3, -0.25) is 0 Å². The largest absolute Gasteiger partial charge is 0.321 e. The molecule has 0 radical (unpaired) electrons. The van der Waals surface area contributed by atoms with Gasteiger partial charge in [-0.05, 0) is 31.3 Å². The van der Waals surface area contributed by atoms with Crippen LogP contribution in [-0.2, 0) is 12.0 Å². The number of thiazole rings is 1. The normalized spacial score (nSPS) is 11.7. The Morgan fingerprint density at radius 1 is 1.24 bits per heavy atom. The molecule has 0 unspecified atom stereocenters. The molecule has 1 heterocycles. The van der Waals surface area contributed by atoms with Crippen LogP contribution in [0.4, 0.5) is 15.2 Å². The van der Waals surface area contributed by atoms with Gasteiger partial charge in [0.25, 0.3) is 0 Å². The minimum atomic E-state index is -0.224. The van der Waals surface area contributed by atoms with Crippen molar-refractivity contribution in [3.05, 3.63) is 40.7 Å². The highest BCUT2D eigenvalue weighted by Gasteiger charge is 2.24. The SMILES string of the molecule is CNCc1sc(N(C)c2ccc(F)cc2)nc1C(C)(C)C. The van der Waals surface area contributed by atoms with Crippen molar-refractivity contribution in [3.63, 3.8) is 0 Å². The van der Waals surface area contributed by atoms with E-state index < -0.39 is 0 Å². The molecule has 21 heavy (non-hydrogen) atoms. The summed E-state index contributed by atoms with van der Waals surface area (Å²) in [5.41, 5.74) is 2.05. The molecule has 0 spiro atoms. The first-order valence-corrected chi connectivity index (χ1v) is 7.78. The second-order valence-electron chi connectivity index (χ2n) is 6.08. The van der Waals surface area contributed by atoms with Crippen LogP contribution in [0.3, 0.4) is 0 Å². The highest BCUT2D eigenvalue weighted by Crippen LogP contribution is 2.35. The Hall–Kier alpha value is -1.46. The molecule has 0 aliphatic rings. The second kappa shape index (κ2) is 6.12. The van der Waals surface area contributed by atoms with Crippen molar-refractivity contribution in [1.29, 1.82) is 0 Å². The average Bonchev–Trinajstić information content (AvgIpc) is 2.83. The molecular formula is C16H22FN3S. The first-order valence-electron chi connectivity index (χ1n) is 6.97. The molecule has 0 bridgehead atoms. The maximum Gasteiger partial charge on any atom is 0.190 e. The number of benzene rings is 1. The van der Waals surface area contributed by atoms with Crippen LogP contribution in [-0.4, -0.2) is 19.1 Å². The van der Waals surface area contributed by atoms with E-state index >= 15 is 0 Å². The minimum absolute atomic E-state index is 0.00453. The van der Waals surface area contributed by atoms with Crippen LogP contribution in [0.1, 0.15) is 31.3 Å². The van der Waals surface area contributed by atoms with Crippen molar-refractivity contribution in [2.24, 2.45) is 0 Å². The number of halogens is 1. The second-order valence-corrected chi connectivity index (χ2v) is 7.15. The van der Waals surface area contributed by atoms with Crippen LogP contribution in [0.5, 0.6) is 0 Å². The van der Waals surface area contributed by atoms with Crippen LogP contribution < -0.4 is 10.2 Å². The maximum atomic E-state index is 13.0. The molecule has 0 fully saturated rings. The van der Waals surface area contributed by atoms with E-state index in [-0.39, 0.29) is 11.2 Å². The third-order valence-corrected chi connectivity index (χ3v) is 4.37. The number of nitrogens with one attached hydrogen (secondary N) is 1. The van der Waals surface area contributed by atoms with Crippen molar-refractivity contribution in [3.8, 4) is 0 Å². The van der Waals surface area contributed by atoms with Crippen molar-refractivity contribution in [2.75, 3.05) is 19.0 Å². The molecule has 1 N–H and O–H groups in total. The van der Waals surface area contributed by atoms with Crippen molar-refractivity contribution in [2.45, 2.75) is 32.7 Å². The highest BCUT2D eigenvalue weighted by atomic mass is 32.1. The number of hydrogen-bond donors (Lipinski definition) is 1. The van der Waals surface area contributed by atoms with E-state index in [4.69, 9.17) is 4.98 Å². The molecule has 0 aliphatic carbocycles. The fourth-order valence-electron chi connectivity index (χ4n) is 2.12. The molecule has 0 atom stereocenters. The first-order chi connectivity index (χ1) is 9.82. The molecule has 2 rings (SSSR count). The molecule has 0 aliphatic heterocycles. The quantitative estimate of drug-likeness (QED) is 0.923. The van der Waals surface area contributed by atoms with E-state index in [1.807, 2.05) is 19.0 Å². The smallest absolute Gasteiger partial charge is 0.190 e. The third-order valence-electron chi connectivity index (χ3n) is 3.23. The Kier molecular flexibility index (Phi) is 4.64. The number of hydrogen-bond acceptors (Lipinski definition) is 4. The van der Waals surface area contributed by atoms with Crippen LogP contribution in [0, 0.1) is 5.82 Å². The van der Waals surface area contributed by atoms with Gasteiger partial charge in [0.1, 0.15) is 5.82 Å². The lowest BCUT2D eigenvalue weighted by atomic mass is 9.91. The number of anilines is 2. The molecule has 3 nitrogen and oxygen atoms in total. The van der Waals surface area contributed by atoms with E-state index in [9.17, 15) is 4.39 Å². The Morgan fingerprint density at radius 2 is 1.86 bits per heavy atom. The number of aromatic nitrogens is 1. The Labute approximate surface area is 129 Å². The van der Waals surface area contributed by atoms with Crippen molar-refractivity contribution in [1.82, 2.24) is 10.3 Å². The summed E-state index contributed by atoms with van der Waals surface area (Å²) in [6.45, 7) is 7.32. The van der Waals surface area contributed by atoms with Gasteiger partial charge in [-0.15, -0.1) is 0 Å². The third kappa shape index (κ3) is 3.60. The molecule has 114 valence electrons. The fourth-order valence-corrected chi connectivity index (χ4v) is 3.39. The molecule has 2 aromatic rings. The maximum absolute atomic E-state index is 13.0. The van der Waals surface area contributed by atoms with Gasteiger partial charge in [-0.25, -0.2) is 9.37 Å². The number of nitrogens with zero attached hydrogens (tertiary/aromatic N) is 2. The fraction of sp³-hybridized carbons (Fsp3) is 0.438. The molecule has 1 aromatic heterocycles. The summed E-state index contributed by atoms with van der Waals surface area (Å²) in [5, 5.41) is 4.13. The van der Waals surface area contributed by atoms with Crippen LogP contribution in [0.2, 0.25) is 0 Å². The summed E-state index contributed by atoms with van der Waals surface area (Å²) in [6, 6.07) is 6.48. The van der Waals surface area contributed by atoms with Crippen LogP contribution >= 0.6 is 11.3 Å². The Bertz CT molecular complexity index is 599. The summed E-state index contributed by atoms with van der Waals surface area (Å²) >= 11 is 1.68. The monoisotopic (exact) mass is 307 g/mol. The molecule has 0 saturated heterocycles. The minimum Gasteiger partial charge on any atom is -0.321 e. The van der Waals surface area contributed by atoms with Crippen LogP contribution in [0.25, 0.3) is 0 Å². The van der Waals surface area contributed by atoms with Crippen molar-refractivity contribution >= 4 is 22.2 Å². The van der Waals surface area contributed by atoms with E-state index in [2.05, 4.69) is 26.1 Å². The van der Waals surface area contributed by atoms with Gasteiger partial charge in [-0.1, -0.05) is 32.1 Å². The molecule has 0 saturated carbocycles. The molecular weight excluding hydrogens is 285 g/mol. The van der Waals surface area contributed by atoms with Gasteiger partial charge in [0.05, 0.1) is 5.69 Å². The summed E-state index contributed by atoms with van der Waals surface area (Å²) in [5.74, 6) is -0.224. The lowest BCUT2D eigenvalue weighted by Crippen LogP contribution is -2.17. The zero-order valence-electron chi connectivity index (χ0n) is 13.2. The van der Waals surface area contributed by atoms with Gasteiger partial charge in [0.2, 0.25) is 0 Å². The highest BCUT2D eigenvalue weighted by molar-refractivity contribution is 7.15. The van der Waals surface area contributed by atoms with Gasteiger partial charge >= 0.3 is 0 Å². The summed E-state index contributed by atoms with van der Waals surface area (Å²) in [7, 11) is 3.90. The van der Waals surface area contributed by atoms with E-state index in [1.54, 1.807) is 23.5 Å². The Morgan fingerprint density at radius 3 is 2.38 bits per heavy atom. The number of rotatable bonds is 4. The predicted octanol–water partition coefficient (Wildman–Crippen LogP) is 4.07. The average molecular weight is 307 g/mol. The molecule has 5 heteroatoms. The van der Waals surface area contributed by atoms with E-state index in [0.717, 1.165) is 23.1 Å². The Balaban J connectivity index is 2.37. The zero-order chi connectivity index (χ0) is 15.6. The summed E-state index contributed by atoms with van der Waals surface area (Å²) in [4.78, 5) is 8.05. The van der Waals surface area contributed by atoms with Crippen molar-refractivity contribution < 1.29 is 4.39 Å². The van der Waals surface area contributed by atoms with Gasteiger partial charge in [0.15, 0.2) is 5.13 Å². The lowest BCUT2D eigenvalue weighted by Gasteiger charge is -2.18. The van der Waals surface area contributed by atoms with E-state index in [0.29, 0.717) is 0 Å². The summed E-state index contributed by atoms with van der Waals surface area (Å²) in [6.07, 6.45) is 0. The van der Waals surface area contributed by atoms with Gasteiger partial charge < -0.3 is 10.2 Å².